The molecule has 0 aliphatic rings. The molecule has 0 rings (SSSR count). The van der Waals surface area contributed by atoms with Gasteiger partial charge in [0.25, 0.3) is 0 Å². The van der Waals surface area contributed by atoms with Crippen LogP contribution in [-0.2, 0) is 24.1 Å². The van der Waals surface area contributed by atoms with Crippen LogP contribution in [0.15, 0.2) is 0 Å². The number of rotatable bonds is 5. The average Bonchev–Trinajstić information content (AvgIpc) is 1.84. The van der Waals surface area contributed by atoms with Gasteiger partial charge in [0, 0.05) is 24.3 Å². The largest absolute Gasteiger partial charge is 0.329 e. The molecule has 0 heterocycles. The first-order valence-corrected chi connectivity index (χ1v) is 5.47. The van der Waals surface area contributed by atoms with Crippen molar-refractivity contribution in [2.24, 2.45) is 11.5 Å². The van der Waals surface area contributed by atoms with Crippen molar-refractivity contribution in [3.05, 3.63) is 0 Å². The third-order valence-electron chi connectivity index (χ3n) is 0.749. The molecule has 0 bridgehead atoms. The van der Waals surface area contributed by atoms with Crippen LogP contribution in [-0.4, -0.2) is 29.7 Å². The lowest BCUT2D eigenvalue weighted by atomic mass is 10.8. The Morgan fingerprint density at radius 1 is 1.40 bits per heavy atom. The van der Waals surface area contributed by atoms with Gasteiger partial charge >= 0.3 is 0 Å². The molecule has 6 heteroatoms. The molecular formula is C4H12N2O2S2. The van der Waals surface area contributed by atoms with Crippen molar-refractivity contribution >= 4 is 20.0 Å². The van der Waals surface area contributed by atoms with Gasteiger partial charge in [-0.05, 0) is 0 Å². The summed E-state index contributed by atoms with van der Waals surface area (Å²) in [4.78, 5) is 0. The van der Waals surface area contributed by atoms with Gasteiger partial charge in [0.1, 0.15) is 8.77 Å². The van der Waals surface area contributed by atoms with Gasteiger partial charge in [-0.15, -0.1) is 0 Å². The van der Waals surface area contributed by atoms with Crippen LogP contribution >= 0.6 is 0 Å². The fourth-order valence-corrected chi connectivity index (χ4v) is 1.63. The molecule has 62 valence electrons. The fourth-order valence-electron chi connectivity index (χ4n) is 0.378. The van der Waals surface area contributed by atoms with Crippen LogP contribution < -0.4 is 11.5 Å². The summed E-state index contributed by atoms with van der Waals surface area (Å²) >= 11 is 4.58. The molecule has 0 aliphatic carbocycles. The number of hydrogen-bond acceptors (Lipinski definition) is 5. The molecule has 0 aliphatic heterocycles. The van der Waals surface area contributed by atoms with Gasteiger partial charge in [0.15, 0.2) is 0 Å². The zero-order valence-electron chi connectivity index (χ0n) is 5.62. The van der Waals surface area contributed by atoms with E-state index in [9.17, 15) is 4.21 Å². The topological polar surface area (TPSA) is 78.3 Å². The number of nitrogens with two attached hydrogens (primary N) is 2. The summed E-state index contributed by atoms with van der Waals surface area (Å²) in [6.45, 7) is 0.855. The second-order valence-corrected chi connectivity index (χ2v) is 4.94. The summed E-state index contributed by atoms with van der Waals surface area (Å²) in [7, 11) is -2.57. The van der Waals surface area contributed by atoms with Crippen molar-refractivity contribution in [3.8, 4) is 0 Å². The van der Waals surface area contributed by atoms with Crippen molar-refractivity contribution in [1.29, 1.82) is 0 Å². The van der Waals surface area contributed by atoms with E-state index in [2.05, 4.69) is 11.2 Å². The van der Waals surface area contributed by atoms with E-state index in [1.54, 1.807) is 0 Å². The predicted molar refractivity (Wildman–Crippen MR) is 44.4 cm³/mol. The smallest absolute Gasteiger partial charge is 0.145 e. The molecule has 0 spiro atoms. The first-order chi connectivity index (χ1) is 4.62. The highest BCUT2D eigenvalue weighted by molar-refractivity contribution is 8.30. The summed E-state index contributed by atoms with van der Waals surface area (Å²) in [5.74, 6) is 0.225. The van der Waals surface area contributed by atoms with Gasteiger partial charge < -0.3 is 11.5 Å². The van der Waals surface area contributed by atoms with Crippen LogP contribution in [0.5, 0.6) is 0 Å². The third kappa shape index (κ3) is 5.07. The van der Waals surface area contributed by atoms with Crippen LogP contribution in [0.25, 0.3) is 0 Å². The Bertz CT molecular complexity index is 166. The molecule has 0 aromatic heterocycles. The first kappa shape index (κ1) is 10.2. The van der Waals surface area contributed by atoms with Crippen molar-refractivity contribution in [2.45, 2.75) is 0 Å². The minimum absolute atomic E-state index is 0.225. The van der Waals surface area contributed by atoms with E-state index >= 15 is 0 Å². The summed E-state index contributed by atoms with van der Waals surface area (Å²) in [5, 5.41) is 0. The maximum Gasteiger partial charge on any atom is 0.145 e. The number of hydrogen-bond donors (Lipinski definition) is 2. The van der Waals surface area contributed by atoms with E-state index in [0.717, 1.165) is 0 Å². The van der Waals surface area contributed by atoms with E-state index in [1.807, 2.05) is 0 Å². The normalized spacial score (nSPS) is 16.6. The standard InChI is InChI=1S/C4H12N2O2S2/c5-1-3-8-10(7,9)4-2-6/h1-6H2. The molecule has 0 saturated carbocycles. The fraction of sp³-hybridized carbons (Fsp3) is 1.00. The van der Waals surface area contributed by atoms with Crippen LogP contribution in [0.1, 0.15) is 0 Å². The van der Waals surface area contributed by atoms with E-state index in [1.165, 1.54) is 0 Å². The summed E-state index contributed by atoms with van der Waals surface area (Å²) in [6.07, 6.45) is 0. The lowest BCUT2D eigenvalue weighted by Gasteiger charge is -2.04. The first-order valence-electron chi connectivity index (χ1n) is 2.89. The molecule has 4 N–H and O–H groups in total. The van der Waals surface area contributed by atoms with Crippen LogP contribution in [0.3, 0.4) is 0 Å². The van der Waals surface area contributed by atoms with E-state index in [0.29, 0.717) is 6.54 Å². The molecule has 0 amide bonds. The van der Waals surface area contributed by atoms with Gasteiger partial charge in [-0.3, -0.25) is 4.18 Å². The molecular weight excluding hydrogens is 172 g/mol. The van der Waals surface area contributed by atoms with E-state index in [4.69, 9.17) is 15.7 Å². The second-order valence-electron chi connectivity index (χ2n) is 1.66. The third-order valence-corrected chi connectivity index (χ3v) is 2.80. The van der Waals surface area contributed by atoms with Gasteiger partial charge in [-0.1, -0.05) is 0 Å². The molecule has 1 unspecified atom stereocenters. The highest BCUT2D eigenvalue weighted by Crippen LogP contribution is 1.90. The zero-order chi connectivity index (χ0) is 8.04. The summed E-state index contributed by atoms with van der Waals surface area (Å²) in [5.41, 5.74) is 10.2. The molecule has 0 aromatic carbocycles. The molecule has 4 nitrogen and oxygen atoms in total. The monoisotopic (exact) mass is 184 g/mol. The molecule has 0 saturated heterocycles. The minimum Gasteiger partial charge on any atom is -0.329 e. The Morgan fingerprint density at radius 2 is 2.00 bits per heavy atom. The van der Waals surface area contributed by atoms with Gasteiger partial charge in [0.2, 0.25) is 0 Å². The Balaban J connectivity index is 3.65. The SMILES string of the molecule is NCCOS(=O)(=S)CCN. The Labute approximate surface area is 65.8 Å². The van der Waals surface area contributed by atoms with Gasteiger partial charge in [-0.2, -0.15) is 0 Å². The average molecular weight is 184 g/mol. The molecule has 0 aromatic rings. The van der Waals surface area contributed by atoms with E-state index < -0.39 is 8.77 Å². The highest BCUT2D eigenvalue weighted by Gasteiger charge is 2.02. The Hall–Kier alpha value is 0.250. The molecule has 10 heavy (non-hydrogen) atoms. The Kier molecular flexibility index (Phi) is 5.10. The summed E-state index contributed by atoms with van der Waals surface area (Å²) in [6, 6.07) is 0. The van der Waals surface area contributed by atoms with Gasteiger partial charge in [-0.25, -0.2) is 4.21 Å². The highest BCUT2D eigenvalue weighted by atomic mass is 32.8. The maximum absolute atomic E-state index is 11.0. The Morgan fingerprint density at radius 3 is 2.40 bits per heavy atom. The quantitative estimate of drug-likeness (QED) is 0.548. The van der Waals surface area contributed by atoms with Crippen LogP contribution in [0.2, 0.25) is 0 Å². The van der Waals surface area contributed by atoms with Crippen molar-refractivity contribution in [1.82, 2.24) is 0 Å². The second kappa shape index (κ2) is 4.97. The van der Waals surface area contributed by atoms with Crippen molar-refractivity contribution in [2.75, 3.05) is 25.4 Å². The zero-order valence-corrected chi connectivity index (χ0v) is 7.25. The molecule has 0 radical (unpaired) electrons. The van der Waals surface area contributed by atoms with E-state index in [-0.39, 0.29) is 18.9 Å². The van der Waals surface area contributed by atoms with Crippen molar-refractivity contribution in [3.63, 3.8) is 0 Å². The van der Waals surface area contributed by atoms with Gasteiger partial charge in [0.05, 0.1) is 12.4 Å². The van der Waals surface area contributed by atoms with Crippen LogP contribution in [0.4, 0.5) is 0 Å². The maximum atomic E-state index is 11.0. The minimum atomic E-state index is -2.57. The summed E-state index contributed by atoms with van der Waals surface area (Å²) < 4.78 is 15.8. The molecule has 0 fully saturated rings. The van der Waals surface area contributed by atoms with Crippen molar-refractivity contribution < 1.29 is 8.39 Å². The van der Waals surface area contributed by atoms with Crippen LogP contribution in [0, 0.1) is 0 Å². The lowest BCUT2D eigenvalue weighted by Crippen LogP contribution is -2.20. The molecule has 1 atom stereocenters. The predicted octanol–water partition coefficient (Wildman–Crippen LogP) is -1.42. The lowest BCUT2D eigenvalue weighted by molar-refractivity contribution is 0.357.